The van der Waals surface area contributed by atoms with Crippen molar-refractivity contribution in [2.45, 2.75) is 26.8 Å². The number of nitrogens with zero attached hydrogens (tertiary/aromatic N) is 3. The minimum absolute atomic E-state index is 0.0145. The van der Waals surface area contributed by atoms with Crippen LogP contribution < -0.4 is 4.90 Å². The van der Waals surface area contributed by atoms with Crippen molar-refractivity contribution < 1.29 is 9.72 Å². The minimum atomic E-state index is -0.406. The van der Waals surface area contributed by atoms with E-state index in [1.807, 2.05) is 4.90 Å². The largest absolute Gasteiger partial charge is 0.363 e. The predicted octanol–water partition coefficient (Wildman–Crippen LogP) is 2.33. The minimum Gasteiger partial charge on any atom is -0.363 e. The lowest BCUT2D eigenvalue weighted by molar-refractivity contribution is -0.384. The average Bonchev–Trinajstić information content (AvgIpc) is 2.46. The van der Waals surface area contributed by atoms with Crippen molar-refractivity contribution >= 4 is 17.2 Å². The summed E-state index contributed by atoms with van der Waals surface area (Å²) in [5, 5.41) is 11.3. The molecule has 0 aliphatic carbocycles. The molecule has 0 spiro atoms. The Labute approximate surface area is 124 Å². The maximum Gasteiger partial charge on any atom is 0.293 e. The van der Waals surface area contributed by atoms with Crippen LogP contribution in [-0.4, -0.2) is 47.8 Å². The Balaban J connectivity index is 2.24. The molecule has 114 valence electrons. The lowest BCUT2D eigenvalue weighted by Gasteiger charge is -2.37. The van der Waals surface area contributed by atoms with Gasteiger partial charge in [-0.3, -0.25) is 19.8 Å². The molecular formula is C15H21N3O3. The van der Waals surface area contributed by atoms with E-state index in [0.717, 1.165) is 26.2 Å². The molecule has 2 rings (SSSR count). The second-order valence-corrected chi connectivity index (χ2v) is 5.63. The number of ketones is 1. The first-order chi connectivity index (χ1) is 9.90. The van der Waals surface area contributed by atoms with Crippen LogP contribution in [0.25, 0.3) is 0 Å². The summed E-state index contributed by atoms with van der Waals surface area (Å²) >= 11 is 0. The highest BCUT2D eigenvalue weighted by Crippen LogP contribution is 2.30. The molecule has 0 aromatic heterocycles. The quantitative estimate of drug-likeness (QED) is 0.484. The summed E-state index contributed by atoms with van der Waals surface area (Å²) in [6.45, 7) is 9.03. The van der Waals surface area contributed by atoms with E-state index in [0.29, 0.717) is 17.3 Å². The van der Waals surface area contributed by atoms with Crippen LogP contribution in [-0.2, 0) is 0 Å². The van der Waals surface area contributed by atoms with Crippen LogP contribution in [0.1, 0.15) is 31.1 Å². The Kier molecular flexibility index (Phi) is 4.57. The number of carbonyl (C=O) groups is 1. The Bertz CT molecular complexity index is 549. The second kappa shape index (κ2) is 6.22. The van der Waals surface area contributed by atoms with Gasteiger partial charge < -0.3 is 4.90 Å². The summed E-state index contributed by atoms with van der Waals surface area (Å²) < 4.78 is 0. The number of anilines is 1. The second-order valence-electron chi connectivity index (χ2n) is 5.63. The Hall–Kier alpha value is -1.95. The van der Waals surface area contributed by atoms with Gasteiger partial charge in [0.25, 0.3) is 5.69 Å². The molecule has 0 N–H and O–H groups in total. The first kappa shape index (κ1) is 15.4. The van der Waals surface area contributed by atoms with Gasteiger partial charge in [0.15, 0.2) is 5.78 Å². The molecule has 1 aromatic rings. The number of hydrogen-bond donors (Lipinski definition) is 0. The maximum absolute atomic E-state index is 11.4. The highest BCUT2D eigenvalue weighted by atomic mass is 16.6. The normalized spacial score (nSPS) is 16.3. The summed E-state index contributed by atoms with van der Waals surface area (Å²) in [5.74, 6) is -0.158. The van der Waals surface area contributed by atoms with Crippen molar-refractivity contribution in [3.8, 4) is 0 Å². The third-order valence-corrected chi connectivity index (χ3v) is 3.96. The number of piperazine rings is 1. The monoisotopic (exact) mass is 291 g/mol. The SMILES string of the molecule is CC(=O)c1ccc(N2CCN(C(C)C)CC2)c([N+](=O)[O-])c1. The van der Waals surface area contributed by atoms with Gasteiger partial charge in [-0.05, 0) is 32.9 Å². The number of rotatable bonds is 4. The summed E-state index contributed by atoms with van der Waals surface area (Å²) in [6.07, 6.45) is 0. The van der Waals surface area contributed by atoms with Gasteiger partial charge in [-0.15, -0.1) is 0 Å². The van der Waals surface area contributed by atoms with Gasteiger partial charge in [-0.2, -0.15) is 0 Å². The van der Waals surface area contributed by atoms with Crippen LogP contribution in [0, 0.1) is 10.1 Å². The average molecular weight is 291 g/mol. The summed E-state index contributed by atoms with van der Waals surface area (Å²) in [7, 11) is 0. The summed E-state index contributed by atoms with van der Waals surface area (Å²) in [5.41, 5.74) is 1.00. The fourth-order valence-corrected chi connectivity index (χ4v) is 2.64. The van der Waals surface area contributed by atoms with Gasteiger partial charge in [0.05, 0.1) is 4.92 Å². The molecule has 6 heteroatoms. The molecule has 0 bridgehead atoms. The topological polar surface area (TPSA) is 66.7 Å². The molecule has 1 aliphatic rings. The third-order valence-electron chi connectivity index (χ3n) is 3.96. The van der Waals surface area contributed by atoms with E-state index in [2.05, 4.69) is 18.7 Å². The molecule has 1 fully saturated rings. The predicted molar refractivity (Wildman–Crippen MR) is 82.0 cm³/mol. The van der Waals surface area contributed by atoms with E-state index in [4.69, 9.17) is 0 Å². The van der Waals surface area contributed by atoms with Gasteiger partial charge >= 0.3 is 0 Å². The zero-order chi connectivity index (χ0) is 15.6. The Morgan fingerprint density at radius 3 is 2.33 bits per heavy atom. The number of nitro benzene ring substituents is 1. The van der Waals surface area contributed by atoms with E-state index in [1.54, 1.807) is 12.1 Å². The van der Waals surface area contributed by atoms with Crippen LogP contribution in [0.15, 0.2) is 18.2 Å². The van der Waals surface area contributed by atoms with Crippen molar-refractivity contribution in [1.29, 1.82) is 0 Å². The van der Waals surface area contributed by atoms with Crippen LogP contribution in [0.4, 0.5) is 11.4 Å². The van der Waals surface area contributed by atoms with Gasteiger partial charge in [0.2, 0.25) is 0 Å². The van der Waals surface area contributed by atoms with Crippen LogP contribution in [0.2, 0.25) is 0 Å². The third kappa shape index (κ3) is 3.39. The van der Waals surface area contributed by atoms with Crippen LogP contribution >= 0.6 is 0 Å². The number of hydrogen-bond acceptors (Lipinski definition) is 5. The molecule has 1 aromatic carbocycles. The van der Waals surface area contributed by atoms with Crippen molar-refractivity contribution in [2.24, 2.45) is 0 Å². The van der Waals surface area contributed by atoms with Gasteiger partial charge in [0, 0.05) is 43.9 Å². The molecular weight excluding hydrogens is 270 g/mol. The molecule has 0 radical (unpaired) electrons. The smallest absolute Gasteiger partial charge is 0.293 e. The van der Waals surface area contributed by atoms with Crippen molar-refractivity contribution in [3.05, 3.63) is 33.9 Å². The standard InChI is InChI=1S/C15H21N3O3/c1-11(2)16-6-8-17(9-7-16)14-5-4-13(12(3)19)10-15(14)18(20)21/h4-5,10-11H,6-9H2,1-3H3. The molecule has 0 unspecified atom stereocenters. The van der Waals surface area contributed by atoms with Crippen LogP contribution in [0.5, 0.6) is 0 Å². The number of carbonyl (C=O) groups excluding carboxylic acids is 1. The highest BCUT2D eigenvalue weighted by molar-refractivity contribution is 5.95. The molecule has 1 heterocycles. The lowest BCUT2D eigenvalue weighted by Crippen LogP contribution is -2.49. The first-order valence-corrected chi connectivity index (χ1v) is 7.18. The summed E-state index contributed by atoms with van der Waals surface area (Å²) in [6, 6.07) is 5.23. The van der Waals surface area contributed by atoms with Gasteiger partial charge in [0.1, 0.15) is 5.69 Å². The van der Waals surface area contributed by atoms with E-state index in [-0.39, 0.29) is 11.5 Å². The molecule has 1 saturated heterocycles. The zero-order valence-electron chi connectivity index (χ0n) is 12.7. The molecule has 6 nitrogen and oxygen atoms in total. The number of nitro groups is 1. The van der Waals surface area contributed by atoms with Crippen molar-refractivity contribution in [2.75, 3.05) is 31.1 Å². The highest BCUT2D eigenvalue weighted by Gasteiger charge is 2.25. The van der Waals surface area contributed by atoms with E-state index >= 15 is 0 Å². The fraction of sp³-hybridized carbons (Fsp3) is 0.533. The van der Waals surface area contributed by atoms with Crippen molar-refractivity contribution in [3.63, 3.8) is 0 Å². The molecule has 0 amide bonds. The number of benzene rings is 1. The summed E-state index contributed by atoms with van der Waals surface area (Å²) in [4.78, 5) is 26.6. The van der Waals surface area contributed by atoms with E-state index in [9.17, 15) is 14.9 Å². The van der Waals surface area contributed by atoms with Crippen LogP contribution in [0.3, 0.4) is 0 Å². The van der Waals surface area contributed by atoms with Crippen molar-refractivity contribution in [1.82, 2.24) is 4.90 Å². The molecule has 1 aliphatic heterocycles. The number of Topliss-reactive ketones (excluding diaryl/α,β-unsaturated/α-hetero) is 1. The van der Waals surface area contributed by atoms with E-state index < -0.39 is 4.92 Å². The maximum atomic E-state index is 11.4. The Morgan fingerprint density at radius 1 is 1.24 bits per heavy atom. The van der Waals surface area contributed by atoms with Gasteiger partial charge in [-0.25, -0.2) is 0 Å². The zero-order valence-corrected chi connectivity index (χ0v) is 12.7. The van der Waals surface area contributed by atoms with Gasteiger partial charge in [-0.1, -0.05) is 0 Å². The fourth-order valence-electron chi connectivity index (χ4n) is 2.64. The molecule has 21 heavy (non-hydrogen) atoms. The molecule has 0 atom stereocenters. The van der Waals surface area contributed by atoms with E-state index in [1.165, 1.54) is 13.0 Å². The molecule has 0 saturated carbocycles. The first-order valence-electron chi connectivity index (χ1n) is 7.18. The lowest BCUT2D eigenvalue weighted by atomic mass is 10.1. The Morgan fingerprint density at radius 2 is 1.86 bits per heavy atom.